The number of nitrogens with one attached hydrogen (secondary N) is 3. The van der Waals surface area contributed by atoms with Crippen LogP contribution < -0.4 is 10.6 Å². The molecule has 2 aromatic heterocycles. The molecule has 27 heavy (non-hydrogen) atoms. The maximum Gasteiger partial charge on any atom is 0.407 e. The van der Waals surface area contributed by atoms with Gasteiger partial charge in [-0.2, -0.15) is 10.2 Å². The molecule has 0 radical (unpaired) electrons. The number of hydrogen-bond acceptors (Lipinski definition) is 5. The van der Waals surface area contributed by atoms with E-state index >= 15 is 0 Å². The van der Waals surface area contributed by atoms with E-state index in [4.69, 9.17) is 4.74 Å². The average Bonchev–Trinajstić information content (AvgIpc) is 3.35. The minimum absolute atomic E-state index is 0.102. The first-order chi connectivity index (χ1) is 13.0. The summed E-state index contributed by atoms with van der Waals surface area (Å²) in [6.07, 6.45) is 4.43. The summed E-state index contributed by atoms with van der Waals surface area (Å²) < 4.78 is 7.01. The highest BCUT2D eigenvalue weighted by molar-refractivity contribution is 6.02. The van der Waals surface area contributed by atoms with Crippen LogP contribution in [0.25, 0.3) is 0 Å². The van der Waals surface area contributed by atoms with Crippen LogP contribution in [0.3, 0.4) is 0 Å². The van der Waals surface area contributed by atoms with Gasteiger partial charge >= 0.3 is 6.09 Å². The molecule has 0 aliphatic heterocycles. The minimum Gasteiger partial charge on any atom is -0.446 e. The molecule has 2 aromatic rings. The Morgan fingerprint density at radius 1 is 1.44 bits per heavy atom. The van der Waals surface area contributed by atoms with Crippen molar-refractivity contribution >= 4 is 17.8 Å². The van der Waals surface area contributed by atoms with E-state index < -0.39 is 0 Å². The van der Waals surface area contributed by atoms with E-state index in [9.17, 15) is 9.59 Å². The van der Waals surface area contributed by atoms with Crippen LogP contribution in [-0.2, 0) is 11.8 Å². The third-order valence-electron chi connectivity index (χ3n) is 4.97. The van der Waals surface area contributed by atoms with Gasteiger partial charge in [-0.3, -0.25) is 14.6 Å². The van der Waals surface area contributed by atoms with Crippen LogP contribution in [0.15, 0.2) is 18.3 Å². The number of anilines is 1. The first-order valence-electron chi connectivity index (χ1n) is 9.28. The highest BCUT2D eigenvalue weighted by Gasteiger charge is 2.30. The molecular weight excluding hydrogens is 348 g/mol. The standard InChI is InChI=1S/C18H26N6O3/c1-4-11(2)20-18(26)27-13-6-5-12(9-13)14-10-16(23-22-14)21-17(25)15-7-8-19-24(15)3/h7-8,10-13H,4-6,9H2,1-3H3,(H,20,26)(H2,21,22,23,25)/t11-,12-,13+/m0/s1. The molecule has 0 bridgehead atoms. The van der Waals surface area contributed by atoms with Gasteiger partial charge in [0, 0.05) is 37.0 Å². The zero-order valence-electron chi connectivity index (χ0n) is 15.9. The van der Waals surface area contributed by atoms with Crippen LogP contribution in [0.5, 0.6) is 0 Å². The van der Waals surface area contributed by atoms with Crippen LogP contribution in [-0.4, -0.2) is 44.1 Å². The number of carbonyl (C=O) groups excluding carboxylic acids is 2. The molecule has 146 valence electrons. The van der Waals surface area contributed by atoms with Crippen LogP contribution in [0.4, 0.5) is 10.6 Å². The SMILES string of the molecule is CC[C@H](C)NC(=O)O[C@@H]1CC[C@H](c2cc(NC(=O)c3ccnn3C)n[nH]2)C1. The summed E-state index contributed by atoms with van der Waals surface area (Å²) in [6.45, 7) is 3.96. The second-order valence-corrected chi connectivity index (χ2v) is 6.99. The lowest BCUT2D eigenvalue weighted by atomic mass is 10.0. The molecule has 3 N–H and O–H groups in total. The minimum atomic E-state index is -0.358. The Hall–Kier alpha value is -2.84. The van der Waals surface area contributed by atoms with Gasteiger partial charge in [0.15, 0.2) is 5.82 Å². The van der Waals surface area contributed by atoms with Gasteiger partial charge in [-0.15, -0.1) is 0 Å². The molecule has 0 aromatic carbocycles. The Bertz CT molecular complexity index is 799. The summed E-state index contributed by atoms with van der Waals surface area (Å²) in [5, 5.41) is 16.7. The summed E-state index contributed by atoms with van der Waals surface area (Å²) in [7, 11) is 1.71. The topological polar surface area (TPSA) is 114 Å². The predicted molar refractivity (Wildman–Crippen MR) is 99.5 cm³/mol. The van der Waals surface area contributed by atoms with E-state index in [-0.39, 0.29) is 30.1 Å². The summed E-state index contributed by atoms with van der Waals surface area (Å²) in [4.78, 5) is 24.1. The van der Waals surface area contributed by atoms with Crippen molar-refractivity contribution in [1.82, 2.24) is 25.3 Å². The molecule has 2 amide bonds. The van der Waals surface area contributed by atoms with Crippen molar-refractivity contribution in [1.29, 1.82) is 0 Å². The summed E-state index contributed by atoms with van der Waals surface area (Å²) >= 11 is 0. The first-order valence-corrected chi connectivity index (χ1v) is 9.28. The first kappa shape index (κ1) is 18.9. The molecule has 1 aliphatic carbocycles. The fraction of sp³-hybridized carbons (Fsp3) is 0.556. The number of amides is 2. The van der Waals surface area contributed by atoms with Crippen LogP contribution >= 0.6 is 0 Å². The van der Waals surface area contributed by atoms with Crippen LogP contribution in [0.2, 0.25) is 0 Å². The van der Waals surface area contributed by atoms with E-state index in [1.54, 1.807) is 19.3 Å². The molecular formula is C18H26N6O3. The molecule has 9 nitrogen and oxygen atoms in total. The Balaban J connectivity index is 1.52. The Labute approximate surface area is 157 Å². The lowest BCUT2D eigenvalue weighted by Gasteiger charge is -2.16. The third-order valence-corrected chi connectivity index (χ3v) is 4.97. The van der Waals surface area contributed by atoms with Gasteiger partial charge in [-0.25, -0.2) is 4.79 Å². The molecule has 9 heteroatoms. The van der Waals surface area contributed by atoms with Gasteiger partial charge in [-0.05, 0) is 38.7 Å². The van der Waals surface area contributed by atoms with Crippen LogP contribution in [0, 0.1) is 0 Å². The Kier molecular flexibility index (Phi) is 5.78. The van der Waals surface area contributed by atoms with Gasteiger partial charge in [0.1, 0.15) is 11.8 Å². The number of alkyl carbamates (subject to hydrolysis) is 1. The monoisotopic (exact) mass is 374 g/mol. The van der Waals surface area contributed by atoms with Gasteiger partial charge in [0.05, 0.1) is 0 Å². The molecule has 0 saturated heterocycles. The van der Waals surface area contributed by atoms with Gasteiger partial charge in [-0.1, -0.05) is 6.92 Å². The molecule has 3 rings (SSSR count). The van der Waals surface area contributed by atoms with E-state index in [1.165, 1.54) is 4.68 Å². The number of ether oxygens (including phenoxy) is 1. The van der Waals surface area contributed by atoms with Crippen molar-refractivity contribution in [3.63, 3.8) is 0 Å². The van der Waals surface area contributed by atoms with Crippen LogP contribution in [0.1, 0.15) is 61.6 Å². The lowest BCUT2D eigenvalue weighted by molar-refractivity contribution is 0.0972. The van der Waals surface area contributed by atoms with E-state index in [0.29, 0.717) is 11.5 Å². The number of nitrogens with zero attached hydrogens (tertiary/aromatic N) is 3. The molecule has 1 aliphatic rings. The number of aromatic amines is 1. The Morgan fingerprint density at radius 2 is 2.26 bits per heavy atom. The third kappa shape index (κ3) is 4.66. The maximum absolute atomic E-state index is 12.2. The predicted octanol–water partition coefficient (Wildman–Crippen LogP) is 2.56. The Morgan fingerprint density at radius 3 is 2.96 bits per heavy atom. The number of hydrogen-bond donors (Lipinski definition) is 3. The summed E-state index contributed by atoms with van der Waals surface area (Å²) in [6, 6.07) is 3.58. The van der Waals surface area contributed by atoms with Gasteiger partial charge < -0.3 is 15.4 Å². The maximum atomic E-state index is 12.2. The number of aryl methyl sites for hydroxylation is 1. The van der Waals surface area contributed by atoms with E-state index in [0.717, 1.165) is 31.4 Å². The second kappa shape index (κ2) is 8.24. The summed E-state index contributed by atoms with van der Waals surface area (Å²) in [5.74, 6) is 0.429. The quantitative estimate of drug-likeness (QED) is 0.719. The highest BCUT2D eigenvalue weighted by Crippen LogP contribution is 2.35. The molecule has 3 atom stereocenters. The molecule has 1 fully saturated rings. The van der Waals surface area contributed by atoms with Crippen molar-refractivity contribution in [3.05, 3.63) is 29.7 Å². The van der Waals surface area contributed by atoms with Crippen molar-refractivity contribution in [2.75, 3.05) is 5.32 Å². The van der Waals surface area contributed by atoms with Crippen molar-refractivity contribution in [3.8, 4) is 0 Å². The van der Waals surface area contributed by atoms with Gasteiger partial charge in [0.2, 0.25) is 0 Å². The normalized spacial score (nSPS) is 20.3. The second-order valence-electron chi connectivity index (χ2n) is 6.99. The number of rotatable bonds is 6. The van der Waals surface area contributed by atoms with Crippen molar-refractivity contribution < 1.29 is 14.3 Å². The largest absolute Gasteiger partial charge is 0.446 e. The van der Waals surface area contributed by atoms with Crippen molar-refractivity contribution in [2.45, 2.75) is 57.6 Å². The number of aromatic nitrogens is 4. The fourth-order valence-corrected chi connectivity index (χ4v) is 3.21. The van der Waals surface area contributed by atoms with Gasteiger partial charge in [0.25, 0.3) is 5.91 Å². The zero-order valence-corrected chi connectivity index (χ0v) is 15.9. The smallest absolute Gasteiger partial charge is 0.407 e. The molecule has 2 heterocycles. The molecule has 0 unspecified atom stereocenters. The lowest BCUT2D eigenvalue weighted by Crippen LogP contribution is -2.34. The zero-order chi connectivity index (χ0) is 19.4. The van der Waals surface area contributed by atoms with E-state index in [1.807, 2.05) is 19.9 Å². The number of H-pyrrole nitrogens is 1. The van der Waals surface area contributed by atoms with E-state index in [2.05, 4.69) is 25.9 Å². The molecule has 1 saturated carbocycles. The number of carbonyl (C=O) groups is 2. The average molecular weight is 374 g/mol. The van der Waals surface area contributed by atoms with Crippen molar-refractivity contribution in [2.24, 2.45) is 7.05 Å². The fourth-order valence-electron chi connectivity index (χ4n) is 3.21. The highest BCUT2D eigenvalue weighted by atomic mass is 16.6. The summed E-state index contributed by atoms with van der Waals surface area (Å²) in [5.41, 5.74) is 1.39. The molecule has 0 spiro atoms.